The molecular weight excluding hydrogens is 434 g/mol. The first-order chi connectivity index (χ1) is 17.9. The van der Waals surface area contributed by atoms with Crippen molar-refractivity contribution in [3.05, 3.63) is 115 Å². The Bertz CT molecular complexity index is 2240. The van der Waals surface area contributed by atoms with Crippen molar-refractivity contribution in [2.24, 2.45) is 0 Å². The zero-order valence-corrected chi connectivity index (χ0v) is 19.4. The molecular formula is C35H19N. The van der Waals surface area contributed by atoms with Gasteiger partial charge in [-0.05, 0) is 37.9 Å². The average molecular weight is 454 g/mol. The summed E-state index contributed by atoms with van der Waals surface area (Å²) in [4.78, 5) is 5.47. The molecule has 1 aliphatic carbocycles. The van der Waals surface area contributed by atoms with Crippen LogP contribution >= 0.6 is 0 Å². The summed E-state index contributed by atoms with van der Waals surface area (Å²) in [6, 6.07) is 41.9. The molecule has 9 rings (SSSR count). The number of aromatic nitrogens is 1. The molecule has 1 heteroatoms. The Morgan fingerprint density at radius 1 is 0.333 bits per heavy atom. The van der Waals surface area contributed by atoms with Crippen LogP contribution in [0.4, 0.5) is 0 Å². The SMILES string of the molecule is c1ccc(-c2cccc3c2nc2c4c3c3ccccc3c3c5ccccc5c5cccc-2c5c43)cc1. The lowest BCUT2D eigenvalue weighted by atomic mass is 9.88. The van der Waals surface area contributed by atoms with E-state index in [1.165, 1.54) is 75.9 Å². The van der Waals surface area contributed by atoms with E-state index in [-0.39, 0.29) is 0 Å². The van der Waals surface area contributed by atoms with Crippen LogP contribution in [0, 0.1) is 0 Å². The van der Waals surface area contributed by atoms with E-state index < -0.39 is 0 Å². The van der Waals surface area contributed by atoms with Gasteiger partial charge < -0.3 is 0 Å². The number of pyridine rings is 1. The molecule has 1 nitrogen and oxygen atoms in total. The van der Waals surface area contributed by atoms with E-state index in [9.17, 15) is 0 Å². The van der Waals surface area contributed by atoms with Crippen LogP contribution in [0.15, 0.2) is 115 Å². The van der Waals surface area contributed by atoms with Crippen LogP contribution in [-0.2, 0) is 0 Å². The van der Waals surface area contributed by atoms with Gasteiger partial charge in [0, 0.05) is 38.1 Å². The van der Waals surface area contributed by atoms with E-state index in [1.807, 2.05) is 0 Å². The molecule has 0 spiro atoms. The minimum absolute atomic E-state index is 1.07. The Hall–Kier alpha value is -4.75. The summed E-state index contributed by atoms with van der Waals surface area (Å²) in [6.45, 7) is 0. The van der Waals surface area contributed by atoms with E-state index >= 15 is 0 Å². The zero-order valence-electron chi connectivity index (χ0n) is 19.4. The van der Waals surface area contributed by atoms with Crippen LogP contribution in [-0.4, -0.2) is 4.98 Å². The smallest absolute Gasteiger partial charge is 0.0801 e. The number of fused-ring (bicyclic) bond motifs is 9. The van der Waals surface area contributed by atoms with Crippen LogP contribution in [0.2, 0.25) is 0 Å². The Morgan fingerprint density at radius 3 is 1.61 bits per heavy atom. The predicted molar refractivity (Wildman–Crippen MR) is 154 cm³/mol. The fraction of sp³-hybridized carbons (Fsp3) is 0. The first kappa shape index (κ1) is 18.6. The van der Waals surface area contributed by atoms with Crippen molar-refractivity contribution in [1.29, 1.82) is 0 Å². The summed E-state index contributed by atoms with van der Waals surface area (Å²) in [5, 5.41) is 14.5. The summed E-state index contributed by atoms with van der Waals surface area (Å²) in [5.41, 5.74) is 5.83. The fourth-order valence-corrected chi connectivity index (χ4v) is 6.74. The lowest BCUT2D eigenvalue weighted by Gasteiger charge is -2.15. The predicted octanol–water partition coefficient (Wildman–Crippen LogP) is 9.65. The van der Waals surface area contributed by atoms with Crippen LogP contribution in [0.25, 0.3) is 87.1 Å². The minimum atomic E-state index is 1.07. The fourth-order valence-electron chi connectivity index (χ4n) is 6.74. The normalized spacial score (nSPS) is 12.4. The van der Waals surface area contributed by atoms with Crippen molar-refractivity contribution in [2.45, 2.75) is 0 Å². The molecule has 0 amide bonds. The van der Waals surface area contributed by atoms with E-state index in [0.29, 0.717) is 0 Å². The van der Waals surface area contributed by atoms with Gasteiger partial charge >= 0.3 is 0 Å². The van der Waals surface area contributed by atoms with E-state index in [0.717, 1.165) is 11.2 Å². The summed E-state index contributed by atoms with van der Waals surface area (Å²) in [7, 11) is 0. The molecule has 0 saturated carbocycles. The Balaban J connectivity index is 1.66. The van der Waals surface area contributed by atoms with Crippen molar-refractivity contribution in [1.82, 2.24) is 4.98 Å². The summed E-state index contributed by atoms with van der Waals surface area (Å²) >= 11 is 0. The van der Waals surface area contributed by atoms with E-state index in [2.05, 4.69) is 115 Å². The van der Waals surface area contributed by atoms with Gasteiger partial charge in [-0.2, -0.15) is 0 Å². The number of nitrogens with zero attached hydrogens (tertiary/aromatic N) is 1. The van der Waals surface area contributed by atoms with Crippen molar-refractivity contribution in [2.75, 3.05) is 0 Å². The topological polar surface area (TPSA) is 12.9 Å². The van der Waals surface area contributed by atoms with E-state index in [1.54, 1.807) is 0 Å². The molecule has 7 aromatic carbocycles. The summed E-state index contributed by atoms with van der Waals surface area (Å²) < 4.78 is 0. The number of para-hydroxylation sites is 1. The molecule has 0 N–H and O–H groups in total. The van der Waals surface area contributed by atoms with Gasteiger partial charge in [0.05, 0.1) is 11.2 Å². The summed E-state index contributed by atoms with van der Waals surface area (Å²) in [6.07, 6.45) is 0. The molecule has 0 radical (unpaired) electrons. The highest BCUT2D eigenvalue weighted by molar-refractivity contribution is 6.47. The molecule has 0 unspecified atom stereocenters. The third-order valence-electron chi connectivity index (χ3n) is 8.12. The van der Waals surface area contributed by atoms with Crippen LogP contribution in [0.5, 0.6) is 0 Å². The molecule has 0 aliphatic heterocycles. The zero-order chi connectivity index (χ0) is 23.4. The van der Waals surface area contributed by atoms with E-state index in [4.69, 9.17) is 4.98 Å². The molecule has 164 valence electrons. The monoisotopic (exact) mass is 453 g/mol. The van der Waals surface area contributed by atoms with Gasteiger partial charge in [0.15, 0.2) is 0 Å². The molecule has 1 aliphatic rings. The molecule has 1 aromatic heterocycles. The largest absolute Gasteiger partial charge is 0.246 e. The number of hydrogen-bond acceptors (Lipinski definition) is 1. The van der Waals surface area contributed by atoms with Gasteiger partial charge in [0.2, 0.25) is 0 Å². The number of rotatable bonds is 1. The standard InChI is InChI=1S/C35H19N/c1-2-10-20(11-3-1)21-16-8-18-27-31-26-15-7-6-14-25(26)29-23-13-5-4-12-22(23)24-17-9-19-28-30(24)32(29)33(31)35(28)36-34(21)27/h1-19H. The van der Waals surface area contributed by atoms with Crippen molar-refractivity contribution < 1.29 is 0 Å². The Kier molecular flexibility index (Phi) is 3.34. The first-order valence-corrected chi connectivity index (χ1v) is 12.5. The van der Waals surface area contributed by atoms with Gasteiger partial charge in [0.25, 0.3) is 0 Å². The van der Waals surface area contributed by atoms with Crippen LogP contribution in [0.3, 0.4) is 0 Å². The molecule has 1 heterocycles. The maximum Gasteiger partial charge on any atom is 0.0801 e. The maximum absolute atomic E-state index is 5.47. The highest BCUT2D eigenvalue weighted by Gasteiger charge is 2.27. The molecule has 0 atom stereocenters. The Morgan fingerprint density at radius 2 is 0.861 bits per heavy atom. The molecule has 8 aromatic rings. The van der Waals surface area contributed by atoms with Gasteiger partial charge in [0.1, 0.15) is 0 Å². The highest BCUT2D eigenvalue weighted by atomic mass is 14.7. The second-order valence-electron chi connectivity index (χ2n) is 9.85. The lowest BCUT2D eigenvalue weighted by Crippen LogP contribution is -1.91. The third-order valence-corrected chi connectivity index (χ3v) is 8.12. The quantitative estimate of drug-likeness (QED) is 0.225. The second-order valence-corrected chi connectivity index (χ2v) is 9.85. The van der Waals surface area contributed by atoms with Gasteiger partial charge in [-0.15, -0.1) is 0 Å². The highest BCUT2D eigenvalue weighted by Crippen LogP contribution is 2.54. The molecule has 0 bridgehead atoms. The number of benzene rings is 7. The van der Waals surface area contributed by atoms with Crippen molar-refractivity contribution in [3.63, 3.8) is 0 Å². The molecule has 0 saturated heterocycles. The third kappa shape index (κ3) is 2.11. The van der Waals surface area contributed by atoms with Crippen molar-refractivity contribution >= 4 is 64.8 Å². The molecule has 36 heavy (non-hydrogen) atoms. The first-order valence-electron chi connectivity index (χ1n) is 12.5. The van der Waals surface area contributed by atoms with Crippen LogP contribution in [0.1, 0.15) is 0 Å². The second kappa shape index (κ2) is 6.47. The number of hydrogen-bond donors (Lipinski definition) is 0. The molecule has 0 fully saturated rings. The Labute approximate surface area is 207 Å². The lowest BCUT2D eigenvalue weighted by molar-refractivity contribution is 1.45. The van der Waals surface area contributed by atoms with Gasteiger partial charge in [-0.3, -0.25) is 0 Å². The summed E-state index contributed by atoms with van der Waals surface area (Å²) in [5.74, 6) is 0. The minimum Gasteiger partial charge on any atom is -0.246 e. The van der Waals surface area contributed by atoms with Crippen LogP contribution < -0.4 is 0 Å². The van der Waals surface area contributed by atoms with Gasteiger partial charge in [-0.1, -0.05) is 115 Å². The average Bonchev–Trinajstić information content (AvgIpc) is 3.28. The van der Waals surface area contributed by atoms with Gasteiger partial charge in [-0.25, -0.2) is 4.98 Å². The maximum atomic E-state index is 5.47. The van der Waals surface area contributed by atoms with Crippen molar-refractivity contribution in [3.8, 4) is 22.4 Å².